The smallest absolute Gasteiger partial charge is 0.0788 e. The van der Waals surface area contributed by atoms with Crippen LogP contribution in [0.5, 0.6) is 0 Å². The largest absolute Gasteiger partial charge is 0.389 e. The number of anilines is 1. The monoisotopic (exact) mass is 267 g/mol. The first-order chi connectivity index (χ1) is 7.06. The highest BCUT2D eigenvalue weighted by Gasteiger charge is 2.07. The molecule has 0 radical (unpaired) electrons. The molecule has 80 valence electrons. The van der Waals surface area contributed by atoms with E-state index < -0.39 is 6.10 Å². The van der Waals surface area contributed by atoms with Crippen molar-refractivity contribution in [2.24, 2.45) is 0 Å². The van der Waals surface area contributed by atoms with E-state index in [1.165, 1.54) is 0 Å². The van der Waals surface area contributed by atoms with Gasteiger partial charge in [-0.15, -0.1) is 6.42 Å². The highest BCUT2D eigenvalue weighted by molar-refractivity contribution is 9.10. The summed E-state index contributed by atoms with van der Waals surface area (Å²) in [5, 5.41) is 9.41. The summed E-state index contributed by atoms with van der Waals surface area (Å²) in [7, 11) is 1.93. The molecule has 0 aromatic heterocycles. The van der Waals surface area contributed by atoms with Gasteiger partial charge in [-0.05, 0) is 40.5 Å². The number of hydrogen-bond donors (Lipinski definition) is 1. The minimum absolute atomic E-state index is 0.451. The highest BCUT2D eigenvalue weighted by atomic mass is 79.9. The van der Waals surface area contributed by atoms with Gasteiger partial charge in [0.25, 0.3) is 0 Å². The van der Waals surface area contributed by atoms with Gasteiger partial charge in [0.05, 0.1) is 18.3 Å². The topological polar surface area (TPSA) is 23.5 Å². The number of hydrogen-bond acceptors (Lipinski definition) is 2. The van der Waals surface area contributed by atoms with Gasteiger partial charge in [-0.2, -0.15) is 0 Å². The first-order valence-corrected chi connectivity index (χ1v) is 5.47. The summed E-state index contributed by atoms with van der Waals surface area (Å²) < 4.78 is 0.943. The Morgan fingerprint density at radius 1 is 1.60 bits per heavy atom. The minimum atomic E-state index is -0.451. The molecule has 3 heteroatoms. The Kier molecular flexibility index (Phi) is 4.19. The van der Waals surface area contributed by atoms with Gasteiger partial charge in [-0.25, -0.2) is 0 Å². The van der Waals surface area contributed by atoms with E-state index in [4.69, 9.17) is 6.42 Å². The molecule has 0 amide bonds. The third-order valence-corrected chi connectivity index (χ3v) is 2.83. The SMILES string of the molecule is C#CCN(C)c1ccc(C(C)O)cc1Br. The molecule has 0 bridgehead atoms. The molecule has 1 rings (SSSR count). The zero-order chi connectivity index (χ0) is 11.4. The number of aliphatic hydroxyl groups excluding tert-OH is 1. The number of nitrogens with zero attached hydrogens (tertiary/aromatic N) is 1. The van der Waals surface area contributed by atoms with Crippen LogP contribution in [0.3, 0.4) is 0 Å². The van der Waals surface area contributed by atoms with Crippen LogP contribution in [-0.2, 0) is 0 Å². The van der Waals surface area contributed by atoms with Crippen molar-refractivity contribution in [2.75, 3.05) is 18.5 Å². The second-order valence-electron chi connectivity index (χ2n) is 3.45. The van der Waals surface area contributed by atoms with Gasteiger partial charge in [0, 0.05) is 11.5 Å². The van der Waals surface area contributed by atoms with Gasteiger partial charge < -0.3 is 10.0 Å². The number of rotatable bonds is 3. The maximum absolute atomic E-state index is 9.41. The summed E-state index contributed by atoms with van der Waals surface area (Å²) >= 11 is 3.46. The Morgan fingerprint density at radius 3 is 2.73 bits per heavy atom. The van der Waals surface area contributed by atoms with E-state index in [1.54, 1.807) is 6.92 Å². The maximum Gasteiger partial charge on any atom is 0.0788 e. The number of benzene rings is 1. The average Bonchev–Trinajstić information content (AvgIpc) is 2.17. The summed E-state index contributed by atoms with van der Waals surface area (Å²) in [5.74, 6) is 2.59. The second kappa shape index (κ2) is 5.20. The molecule has 0 heterocycles. The lowest BCUT2D eigenvalue weighted by Crippen LogP contribution is -2.17. The fourth-order valence-electron chi connectivity index (χ4n) is 1.31. The van der Waals surface area contributed by atoms with Crippen LogP contribution >= 0.6 is 15.9 Å². The third-order valence-electron chi connectivity index (χ3n) is 2.19. The summed E-state index contributed by atoms with van der Waals surface area (Å²) in [6, 6.07) is 5.76. The van der Waals surface area contributed by atoms with Crippen molar-refractivity contribution in [3.8, 4) is 12.3 Å². The minimum Gasteiger partial charge on any atom is -0.389 e. The fourth-order valence-corrected chi connectivity index (χ4v) is 2.01. The van der Waals surface area contributed by atoms with E-state index in [1.807, 2.05) is 30.1 Å². The van der Waals surface area contributed by atoms with Crippen molar-refractivity contribution in [3.05, 3.63) is 28.2 Å². The van der Waals surface area contributed by atoms with Crippen LogP contribution in [0, 0.1) is 12.3 Å². The Hall–Kier alpha value is -0.980. The Balaban J connectivity index is 2.98. The lowest BCUT2D eigenvalue weighted by molar-refractivity contribution is 0.199. The molecule has 0 aliphatic carbocycles. The summed E-state index contributed by atoms with van der Waals surface area (Å²) in [6.45, 7) is 2.30. The predicted molar refractivity (Wildman–Crippen MR) is 66.9 cm³/mol. The Labute approximate surface area is 99.0 Å². The second-order valence-corrected chi connectivity index (χ2v) is 4.30. The lowest BCUT2D eigenvalue weighted by atomic mass is 10.1. The van der Waals surface area contributed by atoms with E-state index in [0.717, 1.165) is 15.7 Å². The van der Waals surface area contributed by atoms with Gasteiger partial charge in [0.2, 0.25) is 0 Å². The first-order valence-electron chi connectivity index (χ1n) is 4.68. The molecule has 1 aromatic rings. The van der Waals surface area contributed by atoms with Crippen molar-refractivity contribution in [1.29, 1.82) is 0 Å². The molecular formula is C12H14BrNO. The van der Waals surface area contributed by atoms with Crippen molar-refractivity contribution < 1.29 is 5.11 Å². The van der Waals surface area contributed by atoms with Crippen LogP contribution in [-0.4, -0.2) is 18.7 Å². The van der Waals surface area contributed by atoms with Crippen LogP contribution in [0.15, 0.2) is 22.7 Å². The Morgan fingerprint density at radius 2 is 2.27 bits per heavy atom. The molecule has 1 aromatic carbocycles. The van der Waals surface area contributed by atoms with Crippen LogP contribution in [0.4, 0.5) is 5.69 Å². The molecule has 1 atom stereocenters. The summed E-state index contributed by atoms with van der Waals surface area (Å²) in [5.41, 5.74) is 1.91. The van der Waals surface area contributed by atoms with Crippen LogP contribution in [0.2, 0.25) is 0 Å². The molecule has 0 saturated carbocycles. The molecule has 1 unspecified atom stereocenters. The van der Waals surface area contributed by atoms with Gasteiger partial charge >= 0.3 is 0 Å². The van der Waals surface area contributed by atoms with Crippen LogP contribution in [0.1, 0.15) is 18.6 Å². The van der Waals surface area contributed by atoms with Crippen LogP contribution < -0.4 is 4.90 Å². The zero-order valence-corrected chi connectivity index (χ0v) is 10.5. The lowest BCUT2D eigenvalue weighted by Gasteiger charge is -2.19. The fraction of sp³-hybridized carbons (Fsp3) is 0.333. The van der Waals surface area contributed by atoms with Crippen molar-refractivity contribution >= 4 is 21.6 Å². The molecule has 0 aliphatic rings. The van der Waals surface area contributed by atoms with E-state index in [-0.39, 0.29) is 0 Å². The molecule has 2 nitrogen and oxygen atoms in total. The van der Waals surface area contributed by atoms with Gasteiger partial charge in [0.15, 0.2) is 0 Å². The Bertz CT molecular complexity index is 382. The molecule has 0 aliphatic heterocycles. The first kappa shape index (κ1) is 12.1. The van der Waals surface area contributed by atoms with Gasteiger partial charge in [-0.3, -0.25) is 0 Å². The normalized spacial score (nSPS) is 11.9. The predicted octanol–water partition coefficient (Wildman–Crippen LogP) is 2.57. The zero-order valence-electron chi connectivity index (χ0n) is 8.87. The van der Waals surface area contributed by atoms with Gasteiger partial charge in [0.1, 0.15) is 0 Å². The number of terminal acetylenes is 1. The summed E-state index contributed by atoms with van der Waals surface area (Å²) in [6.07, 6.45) is 4.80. The average molecular weight is 268 g/mol. The highest BCUT2D eigenvalue weighted by Crippen LogP contribution is 2.28. The van der Waals surface area contributed by atoms with Crippen molar-refractivity contribution in [3.63, 3.8) is 0 Å². The van der Waals surface area contributed by atoms with Crippen molar-refractivity contribution in [2.45, 2.75) is 13.0 Å². The third kappa shape index (κ3) is 2.98. The van der Waals surface area contributed by atoms with E-state index in [2.05, 4.69) is 21.9 Å². The molecule has 0 fully saturated rings. The molecule has 0 spiro atoms. The quantitative estimate of drug-likeness (QED) is 0.852. The van der Waals surface area contributed by atoms with E-state index in [9.17, 15) is 5.11 Å². The van der Waals surface area contributed by atoms with Gasteiger partial charge in [-0.1, -0.05) is 12.0 Å². The molecular weight excluding hydrogens is 254 g/mol. The molecule has 15 heavy (non-hydrogen) atoms. The van der Waals surface area contributed by atoms with E-state index in [0.29, 0.717) is 6.54 Å². The maximum atomic E-state index is 9.41. The molecule has 0 saturated heterocycles. The van der Waals surface area contributed by atoms with E-state index >= 15 is 0 Å². The molecule has 1 N–H and O–H groups in total. The number of halogens is 1. The standard InChI is InChI=1S/C12H14BrNO/c1-4-7-14(3)12-6-5-10(9(2)15)8-11(12)13/h1,5-6,8-9,15H,7H2,2-3H3. The van der Waals surface area contributed by atoms with Crippen LogP contribution in [0.25, 0.3) is 0 Å². The number of aliphatic hydroxyl groups is 1. The van der Waals surface area contributed by atoms with Crippen molar-refractivity contribution in [1.82, 2.24) is 0 Å². The summed E-state index contributed by atoms with van der Waals surface area (Å²) in [4.78, 5) is 1.97.